The van der Waals surface area contributed by atoms with Crippen LogP contribution in [0.1, 0.15) is 30.9 Å². The fourth-order valence-electron chi connectivity index (χ4n) is 4.43. The smallest absolute Gasteiger partial charge is 0.243 e. The number of piperidine rings is 1. The molecule has 0 aromatic heterocycles. The Morgan fingerprint density at radius 2 is 1.63 bits per heavy atom. The lowest BCUT2D eigenvalue weighted by molar-refractivity contribution is -0.128. The van der Waals surface area contributed by atoms with Gasteiger partial charge in [-0.1, -0.05) is 60.2 Å². The predicted octanol–water partition coefficient (Wildman–Crippen LogP) is 3.16. The van der Waals surface area contributed by atoms with E-state index in [1.165, 1.54) is 11.2 Å². The first kappa shape index (κ1) is 24.9. The molecule has 1 aliphatic rings. The van der Waals surface area contributed by atoms with Crippen LogP contribution in [0.15, 0.2) is 71.6 Å². The zero-order chi connectivity index (χ0) is 25.0. The molecule has 35 heavy (non-hydrogen) atoms. The summed E-state index contributed by atoms with van der Waals surface area (Å²) in [6.07, 6.45) is 1.41. The number of sulfonamides is 1. The molecule has 1 saturated heterocycles. The highest BCUT2D eigenvalue weighted by Crippen LogP contribution is 2.24. The van der Waals surface area contributed by atoms with Crippen LogP contribution in [0.3, 0.4) is 0 Å². The van der Waals surface area contributed by atoms with Crippen molar-refractivity contribution in [2.45, 2.75) is 50.1 Å². The fraction of sp³-hybridized carbons (Fsp3) is 0.333. The number of carbonyl (C=O) groups excluding carboxylic acids is 2. The van der Waals surface area contributed by atoms with Gasteiger partial charge in [0, 0.05) is 32.5 Å². The van der Waals surface area contributed by atoms with Crippen LogP contribution in [0.4, 0.5) is 0 Å². The minimum Gasteiger partial charge on any atom is -0.351 e. The number of hydrogen-bond acceptors (Lipinski definition) is 4. The summed E-state index contributed by atoms with van der Waals surface area (Å²) < 4.78 is 27.9. The molecule has 1 aliphatic heterocycles. The summed E-state index contributed by atoms with van der Waals surface area (Å²) >= 11 is 0. The molecule has 4 rings (SSSR count). The van der Waals surface area contributed by atoms with Crippen LogP contribution in [0.25, 0.3) is 10.8 Å². The quantitative estimate of drug-likeness (QED) is 0.529. The normalized spacial score (nSPS) is 16.1. The maximum atomic E-state index is 13.2. The Kier molecular flexibility index (Phi) is 7.52. The Bertz CT molecular complexity index is 1310. The molecule has 1 fully saturated rings. The van der Waals surface area contributed by atoms with Gasteiger partial charge in [0.2, 0.25) is 21.8 Å². The molecule has 2 amide bonds. The van der Waals surface area contributed by atoms with Crippen molar-refractivity contribution in [2.75, 3.05) is 13.1 Å². The zero-order valence-electron chi connectivity index (χ0n) is 20.0. The van der Waals surface area contributed by atoms with Gasteiger partial charge in [0.15, 0.2) is 0 Å². The van der Waals surface area contributed by atoms with E-state index in [1.54, 1.807) is 12.1 Å². The van der Waals surface area contributed by atoms with Crippen molar-refractivity contribution >= 4 is 32.6 Å². The van der Waals surface area contributed by atoms with Gasteiger partial charge in [-0.05, 0) is 48.2 Å². The second kappa shape index (κ2) is 10.6. The van der Waals surface area contributed by atoms with Gasteiger partial charge >= 0.3 is 0 Å². The lowest BCUT2D eigenvalue weighted by Gasteiger charge is -2.32. The largest absolute Gasteiger partial charge is 0.351 e. The fourth-order valence-corrected chi connectivity index (χ4v) is 5.94. The molecular formula is C27H31N3O4S. The van der Waals surface area contributed by atoms with Crippen molar-refractivity contribution in [3.63, 3.8) is 0 Å². The van der Waals surface area contributed by atoms with Crippen molar-refractivity contribution < 1.29 is 18.0 Å². The summed E-state index contributed by atoms with van der Waals surface area (Å²) in [7, 11) is -3.62. The molecule has 184 valence electrons. The lowest BCUT2D eigenvalue weighted by atomic mass is 10.0. The first-order valence-corrected chi connectivity index (χ1v) is 13.3. The average molecular weight is 494 g/mol. The SMILES string of the molecule is CC(=O)N[C@@H](Cc1ccc(C)cc1)C(=O)NC1CCN(S(=O)(=O)c2ccc3ccccc3c2)CC1. The van der Waals surface area contributed by atoms with Gasteiger partial charge in [-0.25, -0.2) is 8.42 Å². The van der Waals surface area contributed by atoms with Gasteiger partial charge in [0.25, 0.3) is 0 Å². The number of carbonyl (C=O) groups is 2. The highest BCUT2D eigenvalue weighted by molar-refractivity contribution is 7.89. The topological polar surface area (TPSA) is 95.6 Å². The van der Waals surface area contributed by atoms with E-state index in [2.05, 4.69) is 10.6 Å². The molecular weight excluding hydrogens is 462 g/mol. The van der Waals surface area contributed by atoms with Crippen molar-refractivity contribution in [3.05, 3.63) is 77.9 Å². The number of aryl methyl sites for hydroxylation is 1. The van der Waals surface area contributed by atoms with Crippen molar-refractivity contribution in [2.24, 2.45) is 0 Å². The average Bonchev–Trinajstić information content (AvgIpc) is 2.84. The Morgan fingerprint density at radius 3 is 2.29 bits per heavy atom. The summed E-state index contributed by atoms with van der Waals surface area (Å²) in [5.74, 6) is -0.523. The Balaban J connectivity index is 1.38. The van der Waals surface area contributed by atoms with E-state index in [0.717, 1.165) is 21.9 Å². The molecule has 0 spiro atoms. The first-order chi connectivity index (χ1) is 16.7. The molecule has 0 aliphatic carbocycles. The second-order valence-electron chi connectivity index (χ2n) is 9.14. The third-order valence-corrected chi connectivity index (χ3v) is 8.31. The van der Waals surface area contributed by atoms with Crippen LogP contribution < -0.4 is 10.6 Å². The van der Waals surface area contributed by atoms with Crippen LogP contribution >= 0.6 is 0 Å². The molecule has 7 nitrogen and oxygen atoms in total. The number of nitrogens with one attached hydrogen (secondary N) is 2. The van der Waals surface area contributed by atoms with Gasteiger partial charge in [-0.15, -0.1) is 0 Å². The Hall–Kier alpha value is -3.23. The number of rotatable bonds is 7. The Labute approximate surface area is 206 Å². The van der Waals surface area contributed by atoms with Gasteiger partial charge < -0.3 is 10.6 Å². The van der Waals surface area contributed by atoms with Gasteiger partial charge in [0.1, 0.15) is 6.04 Å². The predicted molar refractivity (Wildman–Crippen MR) is 136 cm³/mol. The summed E-state index contributed by atoms with van der Waals surface area (Å²) in [5.41, 5.74) is 2.08. The number of hydrogen-bond donors (Lipinski definition) is 2. The highest BCUT2D eigenvalue weighted by Gasteiger charge is 2.31. The standard InChI is InChI=1S/C27H31N3O4S/c1-19-7-9-21(10-8-19)17-26(28-20(2)31)27(32)29-24-13-15-30(16-14-24)35(33,34)25-12-11-22-5-3-4-6-23(22)18-25/h3-12,18,24,26H,13-17H2,1-2H3,(H,28,31)(H,29,32)/t26-/m0/s1. The van der Waals surface area contributed by atoms with Gasteiger partial charge in [0.05, 0.1) is 4.90 Å². The number of amides is 2. The molecule has 2 N–H and O–H groups in total. The lowest BCUT2D eigenvalue weighted by Crippen LogP contribution is -2.53. The van der Waals surface area contributed by atoms with Crippen LogP contribution in [0, 0.1) is 6.92 Å². The van der Waals surface area contributed by atoms with Crippen LogP contribution in [0.2, 0.25) is 0 Å². The van der Waals surface area contributed by atoms with E-state index < -0.39 is 16.1 Å². The van der Waals surface area contributed by atoms with Crippen LogP contribution in [0.5, 0.6) is 0 Å². The molecule has 0 unspecified atom stereocenters. The number of benzene rings is 3. The molecule has 1 heterocycles. The van der Waals surface area contributed by atoms with Crippen LogP contribution in [-0.2, 0) is 26.0 Å². The minimum atomic E-state index is -3.62. The molecule has 0 bridgehead atoms. The van der Waals surface area contributed by atoms with E-state index >= 15 is 0 Å². The molecule has 8 heteroatoms. The van der Waals surface area contributed by atoms with E-state index in [9.17, 15) is 18.0 Å². The summed E-state index contributed by atoms with van der Waals surface area (Å²) in [6.45, 7) is 4.03. The van der Waals surface area contributed by atoms with E-state index in [0.29, 0.717) is 32.4 Å². The third-order valence-electron chi connectivity index (χ3n) is 6.41. The minimum absolute atomic E-state index is 0.153. The number of nitrogens with zero attached hydrogens (tertiary/aromatic N) is 1. The van der Waals surface area contributed by atoms with E-state index in [-0.39, 0.29) is 22.8 Å². The summed E-state index contributed by atoms with van der Waals surface area (Å²) in [4.78, 5) is 25.0. The maximum Gasteiger partial charge on any atom is 0.243 e. The van der Waals surface area contributed by atoms with Crippen molar-refractivity contribution in [1.82, 2.24) is 14.9 Å². The van der Waals surface area contributed by atoms with Gasteiger partial charge in [-0.3, -0.25) is 9.59 Å². The van der Waals surface area contributed by atoms with E-state index in [4.69, 9.17) is 0 Å². The Morgan fingerprint density at radius 1 is 0.971 bits per heavy atom. The molecule has 3 aromatic rings. The zero-order valence-corrected chi connectivity index (χ0v) is 20.8. The maximum absolute atomic E-state index is 13.2. The molecule has 0 radical (unpaired) electrons. The highest BCUT2D eigenvalue weighted by atomic mass is 32.2. The van der Waals surface area contributed by atoms with Crippen molar-refractivity contribution in [3.8, 4) is 0 Å². The van der Waals surface area contributed by atoms with E-state index in [1.807, 2.05) is 61.5 Å². The second-order valence-corrected chi connectivity index (χ2v) is 11.1. The summed E-state index contributed by atoms with van der Waals surface area (Å²) in [6, 6.07) is 19.9. The third kappa shape index (κ3) is 6.07. The molecule has 3 aromatic carbocycles. The monoisotopic (exact) mass is 493 g/mol. The number of fused-ring (bicyclic) bond motifs is 1. The van der Waals surface area contributed by atoms with Crippen molar-refractivity contribution in [1.29, 1.82) is 0 Å². The molecule has 0 saturated carbocycles. The summed E-state index contributed by atoms with van der Waals surface area (Å²) in [5, 5.41) is 7.64. The van der Waals surface area contributed by atoms with Crippen LogP contribution in [-0.4, -0.2) is 49.7 Å². The first-order valence-electron chi connectivity index (χ1n) is 11.8. The molecule has 1 atom stereocenters. The van der Waals surface area contributed by atoms with Gasteiger partial charge in [-0.2, -0.15) is 4.31 Å².